The topological polar surface area (TPSA) is 63.1 Å². The van der Waals surface area contributed by atoms with E-state index in [9.17, 15) is 4.79 Å². The predicted octanol–water partition coefficient (Wildman–Crippen LogP) is 0.763. The number of rotatable bonds is 5. The SMILES string of the molecule is CNC(=O)CSc1nnc(N(C)C)n1C(C)C. The lowest BCUT2D eigenvalue weighted by Crippen LogP contribution is -2.20. The van der Waals surface area contributed by atoms with E-state index >= 15 is 0 Å². The van der Waals surface area contributed by atoms with Gasteiger partial charge in [-0.15, -0.1) is 10.2 Å². The van der Waals surface area contributed by atoms with E-state index < -0.39 is 0 Å². The van der Waals surface area contributed by atoms with E-state index in [0.29, 0.717) is 5.75 Å². The second kappa shape index (κ2) is 5.90. The first-order valence-corrected chi connectivity index (χ1v) is 6.41. The summed E-state index contributed by atoms with van der Waals surface area (Å²) in [6, 6.07) is 0.259. The van der Waals surface area contributed by atoms with Crippen molar-refractivity contribution in [3.05, 3.63) is 0 Å². The van der Waals surface area contributed by atoms with Gasteiger partial charge in [0.05, 0.1) is 5.75 Å². The van der Waals surface area contributed by atoms with E-state index in [0.717, 1.165) is 11.1 Å². The van der Waals surface area contributed by atoms with Crippen molar-refractivity contribution in [1.29, 1.82) is 0 Å². The summed E-state index contributed by atoms with van der Waals surface area (Å²) in [6.07, 6.45) is 0. The maximum Gasteiger partial charge on any atom is 0.230 e. The molecule has 7 heteroatoms. The summed E-state index contributed by atoms with van der Waals surface area (Å²) in [5, 5.41) is 11.6. The smallest absolute Gasteiger partial charge is 0.230 e. The van der Waals surface area contributed by atoms with Crippen LogP contribution in [0.1, 0.15) is 19.9 Å². The van der Waals surface area contributed by atoms with Gasteiger partial charge in [0.2, 0.25) is 11.9 Å². The minimum atomic E-state index is -0.0142. The standard InChI is InChI=1S/C10H19N5OS/c1-7(2)15-9(14(4)5)12-13-10(15)17-6-8(16)11-3/h7H,6H2,1-5H3,(H,11,16). The van der Waals surface area contributed by atoms with Crippen LogP contribution in [0.3, 0.4) is 0 Å². The fourth-order valence-corrected chi connectivity index (χ4v) is 2.26. The van der Waals surface area contributed by atoms with Gasteiger partial charge in [0.1, 0.15) is 0 Å². The molecule has 0 aliphatic rings. The maximum absolute atomic E-state index is 11.2. The van der Waals surface area contributed by atoms with Gasteiger partial charge >= 0.3 is 0 Å². The van der Waals surface area contributed by atoms with Gasteiger partial charge in [-0.2, -0.15) is 0 Å². The van der Waals surface area contributed by atoms with E-state index in [-0.39, 0.29) is 11.9 Å². The van der Waals surface area contributed by atoms with Crippen LogP contribution in [0.25, 0.3) is 0 Å². The zero-order valence-corrected chi connectivity index (χ0v) is 11.7. The first-order valence-electron chi connectivity index (χ1n) is 5.43. The fourth-order valence-electron chi connectivity index (χ4n) is 1.33. The zero-order chi connectivity index (χ0) is 13.0. The van der Waals surface area contributed by atoms with E-state index in [1.807, 2.05) is 23.6 Å². The number of thioether (sulfide) groups is 1. The lowest BCUT2D eigenvalue weighted by Gasteiger charge is -2.17. The van der Waals surface area contributed by atoms with Gasteiger partial charge in [0.25, 0.3) is 0 Å². The number of amides is 1. The van der Waals surface area contributed by atoms with Crippen molar-refractivity contribution in [3.63, 3.8) is 0 Å². The van der Waals surface area contributed by atoms with Crippen LogP contribution in [-0.2, 0) is 4.79 Å². The van der Waals surface area contributed by atoms with Gasteiger partial charge in [-0.25, -0.2) is 0 Å². The Labute approximate surface area is 106 Å². The van der Waals surface area contributed by atoms with Crippen LogP contribution in [0.2, 0.25) is 0 Å². The van der Waals surface area contributed by atoms with Crippen molar-refractivity contribution in [2.45, 2.75) is 25.0 Å². The molecular formula is C10H19N5OS. The van der Waals surface area contributed by atoms with E-state index in [1.54, 1.807) is 7.05 Å². The first kappa shape index (κ1) is 13.8. The molecule has 1 heterocycles. The largest absolute Gasteiger partial charge is 0.358 e. The highest BCUT2D eigenvalue weighted by Crippen LogP contribution is 2.24. The highest BCUT2D eigenvalue weighted by molar-refractivity contribution is 7.99. The average molecular weight is 257 g/mol. The van der Waals surface area contributed by atoms with Crippen LogP contribution in [0.15, 0.2) is 5.16 Å². The molecule has 0 aliphatic heterocycles. The highest BCUT2D eigenvalue weighted by atomic mass is 32.2. The van der Waals surface area contributed by atoms with Crippen LogP contribution in [0.5, 0.6) is 0 Å². The Morgan fingerprint density at radius 2 is 2.12 bits per heavy atom. The molecule has 0 aliphatic carbocycles. The molecule has 1 rings (SSSR count). The minimum Gasteiger partial charge on any atom is -0.358 e. The summed E-state index contributed by atoms with van der Waals surface area (Å²) < 4.78 is 2.02. The maximum atomic E-state index is 11.2. The van der Waals surface area contributed by atoms with Gasteiger partial charge in [-0.05, 0) is 13.8 Å². The summed E-state index contributed by atoms with van der Waals surface area (Å²) in [4.78, 5) is 13.1. The molecular weight excluding hydrogens is 238 g/mol. The number of anilines is 1. The molecule has 0 bridgehead atoms. The Hall–Kier alpha value is -1.24. The number of carbonyl (C=O) groups excluding carboxylic acids is 1. The van der Waals surface area contributed by atoms with Gasteiger partial charge in [0.15, 0.2) is 5.16 Å². The van der Waals surface area contributed by atoms with Crippen LogP contribution in [0.4, 0.5) is 5.95 Å². The minimum absolute atomic E-state index is 0.0142. The Balaban J connectivity index is 2.88. The fraction of sp³-hybridized carbons (Fsp3) is 0.700. The van der Waals surface area contributed by atoms with E-state index in [2.05, 4.69) is 29.4 Å². The molecule has 0 aromatic carbocycles. The summed E-state index contributed by atoms with van der Waals surface area (Å²) in [5.74, 6) is 1.15. The lowest BCUT2D eigenvalue weighted by molar-refractivity contribution is -0.118. The van der Waals surface area contributed by atoms with E-state index in [1.165, 1.54) is 11.8 Å². The third-order valence-electron chi connectivity index (χ3n) is 2.17. The monoisotopic (exact) mass is 257 g/mol. The first-order chi connectivity index (χ1) is 7.97. The number of hydrogen-bond donors (Lipinski definition) is 1. The molecule has 1 aromatic heterocycles. The Morgan fingerprint density at radius 1 is 1.47 bits per heavy atom. The molecule has 1 N–H and O–H groups in total. The molecule has 96 valence electrons. The van der Waals surface area contributed by atoms with Crippen LogP contribution in [-0.4, -0.2) is 47.6 Å². The second-order valence-electron chi connectivity index (χ2n) is 4.10. The predicted molar refractivity (Wildman–Crippen MR) is 69.5 cm³/mol. The molecule has 0 saturated carbocycles. The molecule has 0 saturated heterocycles. The van der Waals surface area contributed by atoms with Crippen molar-refractivity contribution in [3.8, 4) is 0 Å². The van der Waals surface area contributed by atoms with Gasteiger partial charge in [-0.3, -0.25) is 9.36 Å². The number of nitrogens with zero attached hydrogens (tertiary/aromatic N) is 4. The molecule has 0 fully saturated rings. The van der Waals surface area contributed by atoms with E-state index in [4.69, 9.17) is 0 Å². The third kappa shape index (κ3) is 3.36. The Bertz CT molecular complexity index is 388. The van der Waals surface area contributed by atoms with Gasteiger partial charge < -0.3 is 10.2 Å². The third-order valence-corrected chi connectivity index (χ3v) is 3.12. The second-order valence-corrected chi connectivity index (χ2v) is 5.05. The number of aromatic nitrogens is 3. The average Bonchev–Trinajstić information content (AvgIpc) is 2.69. The Kier molecular flexibility index (Phi) is 4.80. The highest BCUT2D eigenvalue weighted by Gasteiger charge is 2.17. The number of nitrogens with one attached hydrogen (secondary N) is 1. The normalized spacial score (nSPS) is 10.7. The van der Waals surface area contributed by atoms with Crippen molar-refractivity contribution in [2.75, 3.05) is 31.8 Å². The summed E-state index contributed by atoms with van der Waals surface area (Å²) in [5.41, 5.74) is 0. The van der Waals surface area contributed by atoms with Crippen LogP contribution >= 0.6 is 11.8 Å². The van der Waals surface area contributed by atoms with Gasteiger partial charge in [0, 0.05) is 27.2 Å². The number of carbonyl (C=O) groups is 1. The molecule has 17 heavy (non-hydrogen) atoms. The molecule has 6 nitrogen and oxygen atoms in total. The van der Waals surface area contributed by atoms with Gasteiger partial charge in [-0.1, -0.05) is 11.8 Å². The molecule has 1 amide bonds. The zero-order valence-electron chi connectivity index (χ0n) is 10.9. The molecule has 0 unspecified atom stereocenters. The summed E-state index contributed by atoms with van der Waals surface area (Å²) >= 11 is 1.40. The van der Waals surface area contributed by atoms with Crippen molar-refractivity contribution < 1.29 is 4.79 Å². The molecule has 1 aromatic rings. The van der Waals surface area contributed by atoms with Crippen LogP contribution < -0.4 is 10.2 Å². The van der Waals surface area contributed by atoms with Crippen molar-refractivity contribution in [1.82, 2.24) is 20.1 Å². The Morgan fingerprint density at radius 3 is 2.59 bits per heavy atom. The van der Waals surface area contributed by atoms with Crippen LogP contribution in [0, 0.1) is 0 Å². The quantitative estimate of drug-likeness (QED) is 0.789. The summed E-state index contributed by atoms with van der Waals surface area (Å²) in [7, 11) is 5.48. The lowest BCUT2D eigenvalue weighted by atomic mass is 10.4. The summed E-state index contributed by atoms with van der Waals surface area (Å²) in [6.45, 7) is 4.14. The molecule has 0 atom stereocenters. The van der Waals surface area contributed by atoms with Crippen molar-refractivity contribution >= 4 is 23.6 Å². The molecule has 0 radical (unpaired) electrons. The number of hydrogen-bond acceptors (Lipinski definition) is 5. The van der Waals surface area contributed by atoms with Crippen molar-refractivity contribution in [2.24, 2.45) is 0 Å². The molecule has 0 spiro atoms.